The first kappa shape index (κ1) is 19.7. The van der Waals surface area contributed by atoms with E-state index in [1.807, 2.05) is 6.07 Å². The zero-order chi connectivity index (χ0) is 21.8. The van der Waals surface area contributed by atoms with E-state index in [1.54, 1.807) is 21.6 Å². The Morgan fingerprint density at radius 3 is 2.61 bits per heavy atom. The average molecular weight is 428 g/mol. The molecule has 1 aromatic carbocycles. The summed E-state index contributed by atoms with van der Waals surface area (Å²) in [5.74, 6) is 0.262. The number of carbonyl (C=O) groups excluding carboxylic acids is 1. The third kappa shape index (κ3) is 3.56. The van der Waals surface area contributed by atoms with Crippen LogP contribution >= 0.6 is 0 Å². The smallest absolute Gasteiger partial charge is 0.416 e. The quantitative estimate of drug-likeness (QED) is 0.609. The molecule has 0 aliphatic carbocycles. The van der Waals surface area contributed by atoms with Crippen molar-refractivity contribution < 1.29 is 22.4 Å². The molecular weight excluding hydrogens is 409 g/mol. The van der Waals surface area contributed by atoms with Crippen molar-refractivity contribution in [1.29, 1.82) is 0 Å². The second kappa shape index (κ2) is 7.14. The minimum atomic E-state index is -4.45. The minimum absolute atomic E-state index is 0.0243. The third-order valence-corrected chi connectivity index (χ3v) is 6.06. The molecule has 160 valence electrons. The van der Waals surface area contributed by atoms with Gasteiger partial charge in [-0.2, -0.15) is 13.2 Å². The van der Waals surface area contributed by atoms with Crippen LogP contribution in [-0.4, -0.2) is 28.5 Å². The fraction of sp³-hybridized carbons (Fsp3) is 0.304. The molecule has 3 aromatic rings. The number of hydrogen-bond donors (Lipinski definition) is 0. The number of rotatable bonds is 2. The van der Waals surface area contributed by atoms with Gasteiger partial charge < -0.3 is 13.9 Å². The number of carbonyl (C=O) groups is 1. The van der Waals surface area contributed by atoms with E-state index in [0.717, 1.165) is 24.2 Å². The molecule has 2 atom stereocenters. The zero-order valence-electron chi connectivity index (χ0n) is 16.4. The van der Waals surface area contributed by atoms with E-state index in [-0.39, 0.29) is 40.4 Å². The van der Waals surface area contributed by atoms with Crippen molar-refractivity contribution in [2.75, 3.05) is 13.1 Å². The van der Waals surface area contributed by atoms with Gasteiger partial charge in [0.2, 0.25) is 0 Å². The van der Waals surface area contributed by atoms with E-state index in [1.165, 1.54) is 24.3 Å². The normalized spacial score (nSPS) is 20.4. The van der Waals surface area contributed by atoms with Crippen LogP contribution < -0.4 is 5.56 Å². The first-order valence-electron chi connectivity index (χ1n) is 10.1. The molecule has 2 aromatic heterocycles. The fourth-order valence-corrected chi connectivity index (χ4v) is 4.67. The van der Waals surface area contributed by atoms with E-state index in [2.05, 4.69) is 0 Å². The molecule has 2 aliphatic rings. The Morgan fingerprint density at radius 2 is 1.81 bits per heavy atom. The van der Waals surface area contributed by atoms with Gasteiger partial charge in [0.05, 0.1) is 5.56 Å². The molecule has 0 radical (unpaired) electrons. The summed E-state index contributed by atoms with van der Waals surface area (Å²) >= 11 is 0. The molecular formula is C23H19F3N2O3. The van der Waals surface area contributed by atoms with E-state index >= 15 is 0 Å². The number of likely N-dealkylation sites (tertiary alicyclic amines) is 1. The fourth-order valence-electron chi connectivity index (χ4n) is 4.67. The Kier molecular flexibility index (Phi) is 4.53. The van der Waals surface area contributed by atoms with E-state index in [0.29, 0.717) is 19.6 Å². The maximum absolute atomic E-state index is 13.1. The molecule has 0 spiro atoms. The summed E-state index contributed by atoms with van der Waals surface area (Å²) in [4.78, 5) is 26.9. The Balaban J connectivity index is 1.38. The van der Waals surface area contributed by atoms with Crippen LogP contribution in [0.25, 0.3) is 11.3 Å². The maximum atomic E-state index is 13.1. The number of halogens is 3. The van der Waals surface area contributed by atoms with Crippen LogP contribution in [0.3, 0.4) is 0 Å². The van der Waals surface area contributed by atoms with Gasteiger partial charge in [-0.25, -0.2) is 0 Å². The summed E-state index contributed by atoms with van der Waals surface area (Å²) < 4.78 is 46.4. The molecule has 0 unspecified atom stereocenters. The summed E-state index contributed by atoms with van der Waals surface area (Å²) in [6, 6.07) is 13.1. The highest BCUT2D eigenvalue weighted by molar-refractivity contribution is 5.92. The number of piperidine rings is 1. The molecule has 2 aliphatic heterocycles. The van der Waals surface area contributed by atoms with Crippen molar-refractivity contribution in [3.8, 4) is 11.3 Å². The minimum Gasteiger partial charge on any atom is -0.451 e. The third-order valence-electron chi connectivity index (χ3n) is 6.06. The van der Waals surface area contributed by atoms with Crippen molar-refractivity contribution in [3.05, 3.63) is 82.0 Å². The van der Waals surface area contributed by atoms with Crippen molar-refractivity contribution in [3.63, 3.8) is 0 Å². The second-order valence-electron chi connectivity index (χ2n) is 8.15. The molecule has 5 nitrogen and oxygen atoms in total. The highest BCUT2D eigenvalue weighted by Crippen LogP contribution is 2.36. The van der Waals surface area contributed by atoms with Crippen molar-refractivity contribution >= 4 is 5.91 Å². The number of aromatic nitrogens is 1. The predicted molar refractivity (Wildman–Crippen MR) is 107 cm³/mol. The Hall–Kier alpha value is -3.29. The van der Waals surface area contributed by atoms with Gasteiger partial charge in [-0.1, -0.05) is 18.2 Å². The standard InChI is InChI=1S/C23H19F3N2O3/c24-23(25,26)17-4-1-3-15(10-17)19-7-8-20(31-19)22(30)27-11-14-9-16(13-27)18-5-2-6-21(29)28(18)12-14/h1-8,10,14,16H,9,11-13H2/t14-,16+/m0/s1. The summed E-state index contributed by atoms with van der Waals surface area (Å²) in [6.07, 6.45) is -3.54. The van der Waals surface area contributed by atoms with Crippen molar-refractivity contribution in [2.24, 2.45) is 5.92 Å². The van der Waals surface area contributed by atoms with Gasteiger partial charge in [0, 0.05) is 42.9 Å². The van der Waals surface area contributed by atoms with Gasteiger partial charge in [0.15, 0.2) is 5.76 Å². The topological polar surface area (TPSA) is 55.5 Å². The van der Waals surface area contributed by atoms with Crippen LogP contribution in [-0.2, 0) is 12.7 Å². The Bertz CT molecular complexity index is 1210. The van der Waals surface area contributed by atoms with Gasteiger partial charge in [0.1, 0.15) is 5.76 Å². The number of fused-ring (bicyclic) bond motifs is 4. The predicted octanol–water partition coefficient (Wildman–Crippen LogP) is 4.39. The monoisotopic (exact) mass is 428 g/mol. The number of hydrogen-bond acceptors (Lipinski definition) is 3. The molecule has 5 rings (SSSR count). The van der Waals surface area contributed by atoms with E-state index < -0.39 is 11.7 Å². The summed E-state index contributed by atoms with van der Waals surface area (Å²) in [5, 5.41) is 0. The van der Waals surface area contributed by atoms with Crippen LogP contribution in [0.15, 0.2) is 63.8 Å². The second-order valence-corrected chi connectivity index (χ2v) is 8.15. The molecule has 0 saturated carbocycles. The summed E-state index contributed by atoms with van der Waals surface area (Å²) in [5.41, 5.74) is 0.402. The van der Waals surface area contributed by atoms with Gasteiger partial charge in [-0.05, 0) is 42.7 Å². The number of amides is 1. The summed E-state index contributed by atoms with van der Waals surface area (Å²) in [7, 11) is 0. The lowest BCUT2D eigenvalue weighted by Crippen LogP contribution is -2.49. The van der Waals surface area contributed by atoms with Gasteiger partial charge in [-0.15, -0.1) is 0 Å². The number of furan rings is 1. The maximum Gasteiger partial charge on any atom is 0.416 e. The molecule has 4 heterocycles. The molecule has 1 saturated heterocycles. The number of pyridine rings is 1. The van der Waals surface area contributed by atoms with Gasteiger partial charge >= 0.3 is 6.18 Å². The van der Waals surface area contributed by atoms with E-state index in [9.17, 15) is 22.8 Å². The molecule has 8 heteroatoms. The first-order valence-corrected chi connectivity index (χ1v) is 10.1. The average Bonchev–Trinajstić information content (AvgIpc) is 3.24. The molecule has 1 amide bonds. The van der Waals surface area contributed by atoms with Crippen LogP contribution in [0.4, 0.5) is 13.2 Å². The number of nitrogens with zero attached hydrogens (tertiary/aromatic N) is 2. The Labute approximate surface area is 175 Å². The SMILES string of the molecule is O=C(c1ccc(-c2cccc(C(F)(F)F)c2)o1)N1C[C@@H]2C[C@H](C1)c1cccc(=O)n1C2. The van der Waals surface area contributed by atoms with Gasteiger partial charge in [0.25, 0.3) is 11.5 Å². The van der Waals surface area contributed by atoms with Crippen LogP contribution in [0.2, 0.25) is 0 Å². The lowest BCUT2D eigenvalue weighted by molar-refractivity contribution is -0.137. The number of benzene rings is 1. The lowest BCUT2D eigenvalue weighted by atomic mass is 9.83. The largest absolute Gasteiger partial charge is 0.451 e. The summed E-state index contributed by atoms with van der Waals surface area (Å²) in [6.45, 7) is 1.55. The van der Waals surface area contributed by atoms with Crippen LogP contribution in [0.5, 0.6) is 0 Å². The van der Waals surface area contributed by atoms with Crippen molar-refractivity contribution in [1.82, 2.24) is 9.47 Å². The molecule has 2 bridgehead atoms. The van der Waals surface area contributed by atoms with Crippen LogP contribution in [0.1, 0.15) is 34.2 Å². The van der Waals surface area contributed by atoms with Crippen molar-refractivity contribution in [2.45, 2.75) is 25.1 Å². The van der Waals surface area contributed by atoms with Gasteiger partial charge in [-0.3, -0.25) is 9.59 Å². The Morgan fingerprint density at radius 1 is 1.00 bits per heavy atom. The first-order chi connectivity index (χ1) is 14.8. The molecule has 31 heavy (non-hydrogen) atoms. The highest BCUT2D eigenvalue weighted by atomic mass is 19.4. The van der Waals surface area contributed by atoms with E-state index in [4.69, 9.17) is 4.42 Å². The molecule has 0 N–H and O–H groups in total. The van der Waals surface area contributed by atoms with Crippen LogP contribution in [0, 0.1) is 5.92 Å². The highest BCUT2D eigenvalue weighted by Gasteiger charge is 2.37. The molecule has 1 fully saturated rings. The number of alkyl halides is 3. The zero-order valence-corrected chi connectivity index (χ0v) is 16.4. The lowest BCUT2D eigenvalue weighted by Gasteiger charge is -2.42.